The molecule has 3 N–H and O–H groups in total. The van der Waals surface area contributed by atoms with Gasteiger partial charge in [-0.15, -0.1) is 0 Å². The van der Waals surface area contributed by atoms with Gasteiger partial charge in [-0.1, -0.05) is 9.59 Å². The molecule has 0 aliphatic heterocycles. The van der Waals surface area contributed by atoms with E-state index in [9.17, 15) is 4.79 Å². The van der Waals surface area contributed by atoms with E-state index in [1.54, 1.807) is 18.2 Å². The second kappa shape index (κ2) is 4.54. The van der Waals surface area contributed by atoms with Crippen LogP contribution in [0.15, 0.2) is 22.7 Å². The van der Waals surface area contributed by atoms with Gasteiger partial charge in [-0.25, -0.2) is 0 Å². The second-order valence-electron chi connectivity index (χ2n) is 2.86. The van der Waals surface area contributed by atoms with E-state index in [0.717, 1.165) is 11.5 Å². The molecule has 0 bridgehead atoms. The molecule has 0 atom stereocenters. The predicted molar refractivity (Wildman–Crippen MR) is 64.2 cm³/mol. The molecule has 1 heterocycles. The summed E-state index contributed by atoms with van der Waals surface area (Å²) in [6.07, 6.45) is 0. The van der Waals surface area contributed by atoms with Gasteiger partial charge >= 0.3 is 0 Å². The van der Waals surface area contributed by atoms with Gasteiger partial charge in [0.25, 0.3) is 5.91 Å². The Morgan fingerprint density at radius 2 is 2.31 bits per heavy atom. The summed E-state index contributed by atoms with van der Waals surface area (Å²) in [7, 11) is 0. The van der Waals surface area contributed by atoms with Gasteiger partial charge in [0, 0.05) is 27.3 Å². The number of nitrogens with zero attached hydrogens (tertiary/aromatic N) is 3. The van der Waals surface area contributed by atoms with E-state index in [1.165, 1.54) is 0 Å². The molecule has 0 aliphatic rings. The monoisotopic (exact) mass is 299 g/mol. The Hall–Kier alpha value is -1.54. The minimum atomic E-state index is -0.278. The first kappa shape index (κ1) is 11.0. The number of benzene rings is 1. The van der Waals surface area contributed by atoms with Gasteiger partial charge in [0.05, 0.1) is 0 Å². The molecule has 2 rings (SSSR count). The van der Waals surface area contributed by atoms with E-state index in [4.69, 9.17) is 5.73 Å². The zero-order valence-corrected chi connectivity index (χ0v) is 10.2. The number of hydrogen-bond acceptors (Lipinski definition) is 6. The number of rotatable bonds is 2. The average molecular weight is 300 g/mol. The molecule has 0 aliphatic carbocycles. The molecule has 1 aromatic carbocycles. The van der Waals surface area contributed by atoms with Crippen LogP contribution >= 0.6 is 27.5 Å². The number of carbonyl (C=O) groups is 1. The van der Waals surface area contributed by atoms with Gasteiger partial charge in [-0.2, -0.15) is 0 Å². The summed E-state index contributed by atoms with van der Waals surface area (Å²) in [5.74, 6) is -0.278. The first-order valence-electron chi connectivity index (χ1n) is 4.18. The standard InChI is InChI=1S/C8H6BrN5OS/c9-5-3-4(1-2-6(5)10)7(15)11-8-12-13-14-16-8/h1-3H,10H2,(H,11,12,14,15). The number of carbonyl (C=O) groups excluding carboxylic acids is 1. The number of hydrogen-bond donors (Lipinski definition) is 2. The van der Waals surface area contributed by atoms with E-state index in [2.05, 4.69) is 36.0 Å². The van der Waals surface area contributed by atoms with Gasteiger partial charge < -0.3 is 5.73 Å². The van der Waals surface area contributed by atoms with E-state index in [-0.39, 0.29) is 5.91 Å². The third-order valence-electron chi connectivity index (χ3n) is 1.78. The Morgan fingerprint density at radius 1 is 1.50 bits per heavy atom. The van der Waals surface area contributed by atoms with E-state index >= 15 is 0 Å². The lowest BCUT2D eigenvalue weighted by molar-refractivity contribution is 0.102. The van der Waals surface area contributed by atoms with Crippen molar-refractivity contribution in [3.05, 3.63) is 28.2 Å². The molecule has 82 valence electrons. The first-order chi connectivity index (χ1) is 7.66. The van der Waals surface area contributed by atoms with Crippen LogP contribution in [0.5, 0.6) is 0 Å². The molecule has 2 aromatic rings. The van der Waals surface area contributed by atoms with Crippen molar-refractivity contribution in [3.8, 4) is 0 Å². The molecular weight excluding hydrogens is 294 g/mol. The third-order valence-corrected chi connectivity index (χ3v) is 2.98. The van der Waals surface area contributed by atoms with Gasteiger partial charge in [-0.3, -0.25) is 10.1 Å². The molecule has 6 nitrogen and oxygen atoms in total. The maximum atomic E-state index is 11.7. The topological polar surface area (TPSA) is 93.8 Å². The van der Waals surface area contributed by atoms with Gasteiger partial charge in [0.15, 0.2) is 0 Å². The van der Waals surface area contributed by atoms with E-state index in [0.29, 0.717) is 20.9 Å². The van der Waals surface area contributed by atoms with Crippen molar-refractivity contribution in [2.24, 2.45) is 0 Å². The molecule has 0 unspecified atom stereocenters. The first-order valence-corrected chi connectivity index (χ1v) is 5.75. The zero-order chi connectivity index (χ0) is 11.5. The molecule has 8 heteroatoms. The van der Waals surface area contributed by atoms with Crippen molar-refractivity contribution in [1.82, 2.24) is 14.8 Å². The molecule has 16 heavy (non-hydrogen) atoms. The zero-order valence-electron chi connectivity index (χ0n) is 7.85. The summed E-state index contributed by atoms with van der Waals surface area (Å²) < 4.78 is 4.21. The van der Waals surface area contributed by atoms with Crippen LogP contribution in [0.4, 0.5) is 10.8 Å². The van der Waals surface area contributed by atoms with Crippen LogP contribution < -0.4 is 11.1 Å². The molecule has 0 saturated heterocycles. The summed E-state index contributed by atoms with van der Waals surface area (Å²) in [4.78, 5) is 11.7. The highest BCUT2D eigenvalue weighted by Gasteiger charge is 2.09. The number of amides is 1. The second-order valence-corrected chi connectivity index (χ2v) is 4.44. The molecule has 1 aromatic heterocycles. The normalized spacial score (nSPS) is 10.1. The van der Waals surface area contributed by atoms with Gasteiger partial charge in [0.1, 0.15) is 0 Å². The molecule has 0 radical (unpaired) electrons. The number of halogens is 1. The fraction of sp³-hybridized carbons (Fsp3) is 0. The van der Waals surface area contributed by atoms with Crippen molar-refractivity contribution in [3.63, 3.8) is 0 Å². The van der Waals surface area contributed by atoms with Crippen molar-refractivity contribution in [1.29, 1.82) is 0 Å². The third kappa shape index (κ3) is 2.34. The molecule has 1 amide bonds. The maximum absolute atomic E-state index is 11.7. The van der Waals surface area contributed by atoms with Crippen LogP contribution in [-0.4, -0.2) is 20.7 Å². The largest absolute Gasteiger partial charge is 0.398 e. The Kier molecular flexibility index (Phi) is 3.11. The van der Waals surface area contributed by atoms with E-state index in [1.807, 2.05) is 0 Å². The smallest absolute Gasteiger partial charge is 0.257 e. The number of nitrogen functional groups attached to an aromatic ring is 1. The Balaban J connectivity index is 2.18. The predicted octanol–water partition coefficient (Wildman–Crippen LogP) is 1.53. The Labute approximate surface area is 103 Å². The quantitative estimate of drug-likeness (QED) is 0.820. The lowest BCUT2D eigenvalue weighted by Crippen LogP contribution is -2.11. The lowest BCUT2D eigenvalue weighted by atomic mass is 10.2. The van der Waals surface area contributed by atoms with Crippen LogP contribution in [0.3, 0.4) is 0 Å². The summed E-state index contributed by atoms with van der Waals surface area (Å²) in [5, 5.41) is 9.91. The van der Waals surface area contributed by atoms with E-state index < -0.39 is 0 Å². The van der Waals surface area contributed by atoms with Crippen LogP contribution in [0.1, 0.15) is 10.4 Å². The van der Waals surface area contributed by atoms with Crippen molar-refractivity contribution < 1.29 is 4.79 Å². The van der Waals surface area contributed by atoms with Crippen molar-refractivity contribution >= 4 is 44.2 Å². The number of nitrogens with one attached hydrogen (secondary N) is 1. The minimum Gasteiger partial charge on any atom is -0.398 e. The molecule has 0 fully saturated rings. The Morgan fingerprint density at radius 3 is 2.94 bits per heavy atom. The summed E-state index contributed by atoms with van der Waals surface area (Å²) >= 11 is 4.26. The number of nitrogens with two attached hydrogens (primary N) is 1. The Bertz CT molecular complexity index is 515. The fourth-order valence-electron chi connectivity index (χ4n) is 1.02. The van der Waals surface area contributed by atoms with Crippen LogP contribution in [0, 0.1) is 0 Å². The maximum Gasteiger partial charge on any atom is 0.257 e. The summed E-state index contributed by atoms with van der Waals surface area (Å²) in [6.45, 7) is 0. The van der Waals surface area contributed by atoms with Crippen molar-refractivity contribution in [2.75, 3.05) is 11.1 Å². The highest BCUT2D eigenvalue weighted by atomic mass is 79.9. The SMILES string of the molecule is Nc1ccc(C(=O)Nc2nnns2)cc1Br. The van der Waals surface area contributed by atoms with Crippen LogP contribution in [0.2, 0.25) is 0 Å². The highest BCUT2D eigenvalue weighted by Crippen LogP contribution is 2.21. The van der Waals surface area contributed by atoms with Crippen LogP contribution in [-0.2, 0) is 0 Å². The lowest BCUT2D eigenvalue weighted by Gasteiger charge is -2.03. The molecular formula is C8H6BrN5OS. The number of anilines is 2. The molecule has 0 saturated carbocycles. The number of aromatic nitrogens is 3. The summed E-state index contributed by atoms with van der Waals surface area (Å²) in [6, 6.07) is 4.92. The minimum absolute atomic E-state index is 0.278. The summed E-state index contributed by atoms with van der Waals surface area (Å²) in [5.41, 5.74) is 6.68. The van der Waals surface area contributed by atoms with Gasteiger partial charge in [0.2, 0.25) is 5.13 Å². The fourth-order valence-corrected chi connectivity index (χ4v) is 1.76. The molecule has 0 spiro atoms. The average Bonchev–Trinajstić information content (AvgIpc) is 2.74. The highest BCUT2D eigenvalue weighted by molar-refractivity contribution is 9.10. The van der Waals surface area contributed by atoms with Crippen molar-refractivity contribution in [2.45, 2.75) is 0 Å². The van der Waals surface area contributed by atoms with Gasteiger partial charge in [-0.05, 0) is 39.3 Å². The van der Waals surface area contributed by atoms with Crippen LogP contribution in [0.25, 0.3) is 0 Å².